The molecule has 1 amide bonds. The van der Waals surface area contributed by atoms with E-state index in [0.29, 0.717) is 0 Å². The van der Waals surface area contributed by atoms with E-state index in [1.54, 1.807) is 18.2 Å². The molecule has 1 aromatic carbocycles. The number of hydrogen-bond acceptors (Lipinski definition) is 2. The predicted octanol–water partition coefficient (Wildman–Crippen LogP) is 1.07. The molecule has 0 bridgehead atoms. The van der Waals surface area contributed by atoms with Crippen LogP contribution in [0.15, 0.2) is 24.3 Å². The summed E-state index contributed by atoms with van der Waals surface area (Å²) in [6, 6.07) is 7.09. The highest BCUT2D eigenvalue weighted by Crippen LogP contribution is 2.19. The Balaban J connectivity index is 2.07. The van der Waals surface area contributed by atoms with Crippen LogP contribution in [0.3, 0.4) is 0 Å². The molecule has 0 radical (unpaired) electrons. The number of aromatic hydroxyl groups is 1. The first-order valence-electron chi connectivity index (χ1n) is 4.81. The van der Waals surface area contributed by atoms with Crippen LogP contribution in [0.4, 0.5) is 0 Å². The molecule has 1 heterocycles. The fourth-order valence-corrected chi connectivity index (χ4v) is 1.81. The van der Waals surface area contributed by atoms with E-state index in [1.165, 1.54) is 0 Å². The number of hydrogen-bond donors (Lipinski definition) is 2. The lowest BCUT2D eigenvalue weighted by Gasteiger charge is -2.06. The Labute approximate surface area is 82.8 Å². The third-order valence-corrected chi connectivity index (χ3v) is 2.56. The molecular formula is C11H13NO2. The SMILES string of the molecule is O=C1NCCC1Cc1cccc(O)c1. The van der Waals surface area contributed by atoms with Crippen molar-refractivity contribution in [2.45, 2.75) is 12.8 Å². The Morgan fingerprint density at radius 1 is 1.50 bits per heavy atom. The van der Waals surface area contributed by atoms with Crippen molar-refractivity contribution in [2.75, 3.05) is 6.54 Å². The summed E-state index contributed by atoms with van der Waals surface area (Å²) in [6.07, 6.45) is 1.62. The van der Waals surface area contributed by atoms with Crippen molar-refractivity contribution in [2.24, 2.45) is 5.92 Å². The van der Waals surface area contributed by atoms with Gasteiger partial charge >= 0.3 is 0 Å². The molecule has 2 N–H and O–H groups in total. The summed E-state index contributed by atoms with van der Waals surface area (Å²) < 4.78 is 0. The van der Waals surface area contributed by atoms with E-state index < -0.39 is 0 Å². The molecule has 0 aromatic heterocycles. The van der Waals surface area contributed by atoms with E-state index in [2.05, 4.69) is 5.32 Å². The molecule has 1 fully saturated rings. The maximum Gasteiger partial charge on any atom is 0.223 e. The minimum Gasteiger partial charge on any atom is -0.508 e. The zero-order chi connectivity index (χ0) is 9.97. The van der Waals surface area contributed by atoms with Gasteiger partial charge in [0.2, 0.25) is 5.91 Å². The molecular weight excluding hydrogens is 178 g/mol. The van der Waals surface area contributed by atoms with E-state index in [-0.39, 0.29) is 17.6 Å². The second kappa shape index (κ2) is 3.70. The average molecular weight is 191 g/mol. The van der Waals surface area contributed by atoms with Gasteiger partial charge in [0.15, 0.2) is 0 Å². The van der Waals surface area contributed by atoms with Crippen molar-refractivity contribution in [3.05, 3.63) is 29.8 Å². The van der Waals surface area contributed by atoms with Gasteiger partial charge in [0.05, 0.1) is 0 Å². The van der Waals surface area contributed by atoms with E-state index in [9.17, 15) is 9.90 Å². The van der Waals surface area contributed by atoms with Crippen LogP contribution >= 0.6 is 0 Å². The lowest BCUT2D eigenvalue weighted by atomic mass is 9.98. The van der Waals surface area contributed by atoms with Gasteiger partial charge in [-0.15, -0.1) is 0 Å². The number of nitrogens with one attached hydrogen (secondary N) is 1. The Kier molecular flexibility index (Phi) is 2.39. The van der Waals surface area contributed by atoms with Crippen molar-refractivity contribution in [3.8, 4) is 5.75 Å². The first kappa shape index (κ1) is 9.06. The van der Waals surface area contributed by atoms with Gasteiger partial charge in [0, 0.05) is 12.5 Å². The monoisotopic (exact) mass is 191 g/mol. The molecule has 1 aromatic rings. The summed E-state index contributed by atoms with van der Waals surface area (Å²) in [4.78, 5) is 11.3. The lowest BCUT2D eigenvalue weighted by molar-refractivity contribution is -0.122. The quantitative estimate of drug-likeness (QED) is 0.734. The average Bonchev–Trinajstić information content (AvgIpc) is 2.52. The number of rotatable bonds is 2. The summed E-state index contributed by atoms with van der Waals surface area (Å²) in [5.74, 6) is 0.478. The van der Waals surface area contributed by atoms with Crippen LogP contribution in [0.2, 0.25) is 0 Å². The standard InChI is InChI=1S/C11H13NO2/c13-10-3-1-2-8(7-10)6-9-4-5-12-11(9)14/h1-3,7,9,13H,4-6H2,(H,12,14). The number of benzene rings is 1. The summed E-state index contributed by atoms with van der Waals surface area (Å²) in [7, 11) is 0. The molecule has 0 spiro atoms. The number of carbonyl (C=O) groups is 1. The predicted molar refractivity (Wildman–Crippen MR) is 52.9 cm³/mol. The fraction of sp³-hybridized carbons (Fsp3) is 0.364. The van der Waals surface area contributed by atoms with E-state index in [4.69, 9.17) is 0 Å². The molecule has 2 rings (SSSR count). The highest BCUT2D eigenvalue weighted by Gasteiger charge is 2.23. The molecule has 1 saturated heterocycles. The Bertz CT molecular complexity index is 349. The van der Waals surface area contributed by atoms with Crippen molar-refractivity contribution in [1.29, 1.82) is 0 Å². The molecule has 0 saturated carbocycles. The summed E-state index contributed by atoms with van der Waals surface area (Å²) in [5, 5.41) is 12.1. The van der Waals surface area contributed by atoms with Crippen molar-refractivity contribution in [3.63, 3.8) is 0 Å². The summed E-state index contributed by atoms with van der Waals surface area (Å²) >= 11 is 0. The molecule has 3 heteroatoms. The van der Waals surface area contributed by atoms with Gasteiger partial charge in [0.1, 0.15) is 5.75 Å². The molecule has 3 nitrogen and oxygen atoms in total. The van der Waals surface area contributed by atoms with Gasteiger partial charge in [-0.25, -0.2) is 0 Å². The van der Waals surface area contributed by atoms with Crippen molar-refractivity contribution < 1.29 is 9.90 Å². The second-order valence-corrected chi connectivity index (χ2v) is 3.65. The molecule has 74 valence electrons. The second-order valence-electron chi connectivity index (χ2n) is 3.65. The highest BCUT2D eigenvalue weighted by atomic mass is 16.3. The number of amides is 1. The van der Waals surface area contributed by atoms with Crippen LogP contribution in [0, 0.1) is 5.92 Å². The number of phenolic OH excluding ortho intramolecular Hbond substituents is 1. The Hall–Kier alpha value is -1.51. The number of carbonyl (C=O) groups excluding carboxylic acids is 1. The fourth-order valence-electron chi connectivity index (χ4n) is 1.81. The maximum absolute atomic E-state index is 11.3. The highest BCUT2D eigenvalue weighted by molar-refractivity contribution is 5.80. The van der Waals surface area contributed by atoms with Gasteiger partial charge in [-0.05, 0) is 30.5 Å². The Morgan fingerprint density at radius 2 is 2.36 bits per heavy atom. The van der Waals surface area contributed by atoms with Gasteiger partial charge in [-0.3, -0.25) is 4.79 Å². The zero-order valence-corrected chi connectivity index (χ0v) is 7.86. The zero-order valence-electron chi connectivity index (χ0n) is 7.86. The third-order valence-electron chi connectivity index (χ3n) is 2.56. The van der Waals surface area contributed by atoms with Crippen LogP contribution in [0.25, 0.3) is 0 Å². The van der Waals surface area contributed by atoms with Crippen LogP contribution < -0.4 is 5.32 Å². The molecule has 1 unspecified atom stereocenters. The van der Waals surface area contributed by atoms with E-state index in [1.807, 2.05) is 6.07 Å². The van der Waals surface area contributed by atoms with Gasteiger partial charge in [-0.2, -0.15) is 0 Å². The first-order valence-corrected chi connectivity index (χ1v) is 4.81. The van der Waals surface area contributed by atoms with Crippen molar-refractivity contribution in [1.82, 2.24) is 5.32 Å². The van der Waals surface area contributed by atoms with Crippen LogP contribution in [0.5, 0.6) is 5.75 Å². The maximum atomic E-state index is 11.3. The van der Waals surface area contributed by atoms with Gasteiger partial charge < -0.3 is 10.4 Å². The minimum absolute atomic E-state index is 0.0804. The smallest absolute Gasteiger partial charge is 0.223 e. The van der Waals surface area contributed by atoms with Gasteiger partial charge in [0.25, 0.3) is 0 Å². The van der Waals surface area contributed by atoms with E-state index in [0.717, 1.165) is 24.9 Å². The van der Waals surface area contributed by atoms with Crippen LogP contribution in [-0.2, 0) is 11.2 Å². The molecule has 14 heavy (non-hydrogen) atoms. The summed E-state index contributed by atoms with van der Waals surface area (Å²) in [6.45, 7) is 0.780. The largest absolute Gasteiger partial charge is 0.508 e. The van der Waals surface area contributed by atoms with Gasteiger partial charge in [-0.1, -0.05) is 12.1 Å². The number of phenols is 1. The normalized spacial score (nSPS) is 20.9. The lowest BCUT2D eigenvalue weighted by Crippen LogP contribution is -2.20. The Morgan fingerprint density at radius 3 is 3.00 bits per heavy atom. The van der Waals surface area contributed by atoms with Crippen molar-refractivity contribution >= 4 is 5.91 Å². The molecule has 1 aliphatic rings. The molecule has 1 atom stereocenters. The van der Waals surface area contributed by atoms with Crippen LogP contribution in [-0.4, -0.2) is 17.6 Å². The molecule has 0 aliphatic carbocycles. The third kappa shape index (κ3) is 1.87. The summed E-state index contributed by atoms with van der Waals surface area (Å²) in [5.41, 5.74) is 1.02. The van der Waals surface area contributed by atoms with E-state index >= 15 is 0 Å². The van der Waals surface area contributed by atoms with Crippen LogP contribution in [0.1, 0.15) is 12.0 Å². The first-order chi connectivity index (χ1) is 6.75. The topological polar surface area (TPSA) is 49.3 Å². The molecule has 1 aliphatic heterocycles. The minimum atomic E-state index is 0.0804.